The van der Waals surface area contributed by atoms with Crippen LogP contribution in [-0.2, 0) is 4.79 Å². The van der Waals surface area contributed by atoms with Gasteiger partial charge in [-0.2, -0.15) is 0 Å². The van der Waals surface area contributed by atoms with Crippen LogP contribution >= 0.6 is 0 Å². The molecule has 0 radical (unpaired) electrons. The Morgan fingerprint density at radius 3 is 2.75 bits per heavy atom. The minimum atomic E-state index is -0.494. The minimum absolute atomic E-state index is 0.0790. The van der Waals surface area contributed by atoms with Crippen LogP contribution in [0.5, 0.6) is 0 Å². The van der Waals surface area contributed by atoms with Gasteiger partial charge in [0.25, 0.3) is 0 Å². The van der Waals surface area contributed by atoms with Crippen molar-refractivity contribution < 1.29 is 9.90 Å². The molecule has 1 heterocycles. The van der Waals surface area contributed by atoms with Gasteiger partial charge in [-0.1, -0.05) is 0 Å². The summed E-state index contributed by atoms with van der Waals surface area (Å²) in [7, 11) is 0. The molecule has 0 spiro atoms. The molecule has 1 amide bonds. The van der Waals surface area contributed by atoms with Gasteiger partial charge in [0, 0.05) is 12.5 Å². The van der Waals surface area contributed by atoms with E-state index in [9.17, 15) is 9.90 Å². The first-order valence-electron chi connectivity index (χ1n) is 4.70. The van der Waals surface area contributed by atoms with E-state index in [0.29, 0.717) is 6.42 Å². The van der Waals surface area contributed by atoms with Gasteiger partial charge < -0.3 is 10.4 Å². The summed E-state index contributed by atoms with van der Waals surface area (Å²) in [6.07, 6.45) is 4.47. The molecule has 12 heavy (non-hydrogen) atoms. The topological polar surface area (TPSA) is 49.3 Å². The zero-order chi connectivity index (χ0) is 8.60. The number of carbonyl (C=O) groups is 1. The van der Waals surface area contributed by atoms with Crippen LogP contribution in [0.3, 0.4) is 0 Å². The highest BCUT2D eigenvalue weighted by Gasteiger charge is 2.39. The number of nitrogens with one attached hydrogen (secondary N) is 1. The molecule has 3 nitrogen and oxygen atoms in total. The lowest BCUT2D eigenvalue weighted by Crippen LogP contribution is -2.40. The van der Waals surface area contributed by atoms with Crippen LogP contribution in [0, 0.1) is 5.92 Å². The maximum Gasteiger partial charge on any atom is 0.223 e. The molecule has 1 aliphatic carbocycles. The predicted octanol–water partition coefficient (Wildman–Crippen LogP) is 0.428. The summed E-state index contributed by atoms with van der Waals surface area (Å²) in [6, 6.07) is 0. The number of hydrogen-bond acceptors (Lipinski definition) is 2. The van der Waals surface area contributed by atoms with Crippen molar-refractivity contribution in [2.24, 2.45) is 5.92 Å². The normalized spacial score (nSPS) is 32.8. The van der Waals surface area contributed by atoms with Gasteiger partial charge in [0.1, 0.15) is 0 Å². The molecule has 1 unspecified atom stereocenters. The highest BCUT2D eigenvalue weighted by molar-refractivity contribution is 5.80. The summed E-state index contributed by atoms with van der Waals surface area (Å²) in [5, 5.41) is 12.6. The molecule has 2 aliphatic rings. The van der Waals surface area contributed by atoms with Gasteiger partial charge in [-0.05, 0) is 32.1 Å². The van der Waals surface area contributed by atoms with E-state index in [1.165, 1.54) is 0 Å². The lowest BCUT2D eigenvalue weighted by atomic mass is 9.74. The van der Waals surface area contributed by atoms with Gasteiger partial charge in [-0.15, -0.1) is 0 Å². The van der Waals surface area contributed by atoms with E-state index in [0.717, 1.165) is 32.2 Å². The Balaban J connectivity index is 1.89. The van der Waals surface area contributed by atoms with Crippen molar-refractivity contribution in [2.75, 3.05) is 6.54 Å². The number of amides is 1. The van der Waals surface area contributed by atoms with Crippen molar-refractivity contribution in [1.82, 2.24) is 5.32 Å². The molecule has 2 N–H and O–H groups in total. The van der Waals surface area contributed by atoms with Crippen LogP contribution in [0.1, 0.15) is 32.1 Å². The molecule has 0 bridgehead atoms. The van der Waals surface area contributed by atoms with Crippen LogP contribution in [0.2, 0.25) is 0 Å². The molecular formula is C9H15NO2. The molecule has 1 saturated carbocycles. The predicted molar refractivity (Wildman–Crippen MR) is 44.5 cm³/mol. The van der Waals surface area contributed by atoms with E-state index in [2.05, 4.69) is 5.32 Å². The quantitative estimate of drug-likeness (QED) is 0.629. The molecule has 2 fully saturated rings. The van der Waals surface area contributed by atoms with Gasteiger partial charge in [0.05, 0.1) is 5.60 Å². The van der Waals surface area contributed by atoms with Crippen molar-refractivity contribution in [1.29, 1.82) is 0 Å². The minimum Gasteiger partial charge on any atom is -0.390 e. The number of rotatable bonds is 2. The summed E-state index contributed by atoms with van der Waals surface area (Å²) in [5.41, 5.74) is -0.494. The Kier molecular flexibility index (Phi) is 1.83. The number of hydrogen-bond donors (Lipinski definition) is 2. The van der Waals surface area contributed by atoms with Crippen molar-refractivity contribution in [3.63, 3.8) is 0 Å². The third-order valence-corrected chi connectivity index (χ3v) is 3.07. The lowest BCUT2D eigenvalue weighted by molar-refractivity contribution is -0.126. The zero-order valence-corrected chi connectivity index (χ0v) is 7.18. The highest BCUT2D eigenvalue weighted by atomic mass is 16.3. The molecule has 1 atom stereocenters. The molecule has 2 rings (SSSR count). The third kappa shape index (κ3) is 1.33. The summed E-state index contributed by atoms with van der Waals surface area (Å²) in [5.74, 6) is 0.214. The Labute approximate surface area is 72.2 Å². The summed E-state index contributed by atoms with van der Waals surface area (Å²) in [6.45, 7) is 0.791. The molecule has 1 saturated heterocycles. The SMILES string of the molecule is O=C1NCCC1CC1(O)CCC1. The first kappa shape index (κ1) is 8.05. The smallest absolute Gasteiger partial charge is 0.223 e. The fraction of sp³-hybridized carbons (Fsp3) is 0.889. The molecule has 1 aliphatic heterocycles. The Hall–Kier alpha value is -0.570. The highest BCUT2D eigenvalue weighted by Crippen LogP contribution is 2.38. The number of carbonyl (C=O) groups excluding carboxylic acids is 1. The van der Waals surface area contributed by atoms with Gasteiger partial charge in [0.15, 0.2) is 0 Å². The standard InChI is InChI=1S/C9H15NO2/c11-8-7(2-5-10-8)6-9(12)3-1-4-9/h7,12H,1-6H2,(H,10,11). The molecule has 0 aromatic heterocycles. The zero-order valence-electron chi connectivity index (χ0n) is 7.18. The van der Waals surface area contributed by atoms with Crippen LogP contribution in [0.15, 0.2) is 0 Å². The largest absolute Gasteiger partial charge is 0.390 e. The third-order valence-electron chi connectivity index (χ3n) is 3.07. The monoisotopic (exact) mass is 169 g/mol. The second kappa shape index (κ2) is 2.73. The van der Waals surface area contributed by atoms with E-state index in [-0.39, 0.29) is 11.8 Å². The van der Waals surface area contributed by atoms with Crippen molar-refractivity contribution in [3.8, 4) is 0 Å². The second-order valence-electron chi connectivity index (χ2n) is 4.06. The Morgan fingerprint density at radius 1 is 1.58 bits per heavy atom. The van der Waals surface area contributed by atoms with Crippen molar-refractivity contribution in [2.45, 2.75) is 37.7 Å². The Bertz CT molecular complexity index is 199. The molecule has 68 valence electrons. The van der Waals surface area contributed by atoms with E-state index >= 15 is 0 Å². The van der Waals surface area contributed by atoms with Gasteiger partial charge in [0.2, 0.25) is 5.91 Å². The van der Waals surface area contributed by atoms with Crippen molar-refractivity contribution in [3.05, 3.63) is 0 Å². The van der Waals surface area contributed by atoms with Gasteiger partial charge in [-0.3, -0.25) is 4.79 Å². The average molecular weight is 169 g/mol. The first-order valence-corrected chi connectivity index (χ1v) is 4.70. The van der Waals surface area contributed by atoms with E-state index in [1.54, 1.807) is 0 Å². The van der Waals surface area contributed by atoms with Crippen LogP contribution in [0.25, 0.3) is 0 Å². The fourth-order valence-electron chi connectivity index (χ4n) is 2.09. The maximum atomic E-state index is 11.2. The van der Waals surface area contributed by atoms with E-state index in [1.807, 2.05) is 0 Å². The lowest BCUT2D eigenvalue weighted by Gasteiger charge is -2.37. The van der Waals surface area contributed by atoms with Crippen molar-refractivity contribution >= 4 is 5.91 Å². The summed E-state index contributed by atoms with van der Waals surface area (Å²) >= 11 is 0. The molecule has 0 aromatic rings. The van der Waals surface area contributed by atoms with Crippen LogP contribution < -0.4 is 5.32 Å². The summed E-state index contributed by atoms with van der Waals surface area (Å²) < 4.78 is 0. The molecular weight excluding hydrogens is 154 g/mol. The molecule has 0 aromatic carbocycles. The van der Waals surface area contributed by atoms with E-state index < -0.39 is 5.60 Å². The van der Waals surface area contributed by atoms with Gasteiger partial charge >= 0.3 is 0 Å². The summed E-state index contributed by atoms with van der Waals surface area (Å²) in [4.78, 5) is 11.2. The van der Waals surface area contributed by atoms with Crippen LogP contribution in [0.4, 0.5) is 0 Å². The molecule has 3 heteroatoms. The first-order chi connectivity index (χ1) is 5.70. The number of aliphatic hydroxyl groups is 1. The second-order valence-corrected chi connectivity index (χ2v) is 4.06. The Morgan fingerprint density at radius 2 is 2.33 bits per heavy atom. The van der Waals surface area contributed by atoms with E-state index in [4.69, 9.17) is 0 Å². The average Bonchev–Trinajstić information content (AvgIpc) is 2.34. The van der Waals surface area contributed by atoms with Gasteiger partial charge in [-0.25, -0.2) is 0 Å². The van der Waals surface area contributed by atoms with Crippen LogP contribution in [-0.4, -0.2) is 23.2 Å². The fourth-order valence-corrected chi connectivity index (χ4v) is 2.09. The maximum absolute atomic E-state index is 11.2.